The van der Waals surface area contributed by atoms with Crippen LogP contribution < -0.4 is 10.2 Å². The number of carbonyl (C=O) groups is 2. The van der Waals surface area contributed by atoms with Crippen LogP contribution in [0.5, 0.6) is 0 Å². The fourth-order valence-electron chi connectivity index (χ4n) is 3.81. The number of nitrogens with one attached hydrogen (secondary N) is 1. The Labute approximate surface area is 167 Å². The van der Waals surface area contributed by atoms with Gasteiger partial charge in [0.25, 0.3) is 0 Å². The maximum absolute atomic E-state index is 12.6. The first-order valence-electron chi connectivity index (χ1n) is 10.1. The lowest BCUT2D eigenvalue weighted by atomic mass is 9.96. The molecule has 2 saturated heterocycles. The number of piperidine rings is 1. The summed E-state index contributed by atoms with van der Waals surface area (Å²) >= 11 is 0. The van der Waals surface area contributed by atoms with Crippen LogP contribution in [-0.4, -0.2) is 92.0 Å². The summed E-state index contributed by atoms with van der Waals surface area (Å²) in [6, 6.07) is 3.98. The highest BCUT2D eigenvalue weighted by Crippen LogP contribution is 2.21. The molecule has 3 rings (SSSR count). The van der Waals surface area contributed by atoms with E-state index in [-0.39, 0.29) is 17.9 Å². The third-order valence-electron chi connectivity index (χ3n) is 5.64. The zero-order chi connectivity index (χ0) is 20.1. The van der Waals surface area contributed by atoms with Crippen LogP contribution in [-0.2, 0) is 11.3 Å². The van der Waals surface area contributed by atoms with Crippen molar-refractivity contribution in [2.75, 3.05) is 65.3 Å². The molecule has 2 aliphatic heterocycles. The van der Waals surface area contributed by atoms with Gasteiger partial charge < -0.3 is 24.9 Å². The van der Waals surface area contributed by atoms with Crippen molar-refractivity contribution < 1.29 is 9.59 Å². The van der Waals surface area contributed by atoms with E-state index in [1.54, 1.807) is 19.0 Å². The van der Waals surface area contributed by atoms with Gasteiger partial charge in [-0.2, -0.15) is 0 Å². The van der Waals surface area contributed by atoms with Crippen LogP contribution in [0.3, 0.4) is 0 Å². The van der Waals surface area contributed by atoms with Gasteiger partial charge in [-0.1, -0.05) is 6.07 Å². The molecule has 0 spiro atoms. The second-order valence-corrected chi connectivity index (χ2v) is 7.93. The van der Waals surface area contributed by atoms with Crippen molar-refractivity contribution in [1.82, 2.24) is 25.0 Å². The summed E-state index contributed by atoms with van der Waals surface area (Å²) in [4.78, 5) is 37.3. The summed E-state index contributed by atoms with van der Waals surface area (Å²) in [5.74, 6) is 1.02. The molecule has 1 aromatic heterocycles. The van der Waals surface area contributed by atoms with Gasteiger partial charge in [0.15, 0.2) is 0 Å². The molecule has 0 radical (unpaired) electrons. The van der Waals surface area contributed by atoms with Crippen molar-refractivity contribution in [3.63, 3.8) is 0 Å². The number of nitrogens with zero attached hydrogens (tertiary/aromatic N) is 5. The second kappa shape index (κ2) is 9.23. The highest BCUT2D eigenvalue weighted by Gasteiger charge is 2.28. The number of likely N-dealkylation sites (tertiary alicyclic amines) is 1. The summed E-state index contributed by atoms with van der Waals surface area (Å²) < 4.78 is 0. The first kappa shape index (κ1) is 20.4. The molecule has 3 heterocycles. The SMILES string of the molecule is CN1CCN(c2ncccc2CNC(=O)C2CCN(C(=O)N(C)C)CC2)CC1. The largest absolute Gasteiger partial charge is 0.354 e. The summed E-state index contributed by atoms with van der Waals surface area (Å²) in [6.07, 6.45) is 3.24. The molecule has 0 aliphatic carbocycles. The fraction of sp³-hybridized carbons (Fsp3) is 0.650. The molecular weight excluding hydrogens is 356 g/mol. The molecule has 154 valence electrons. The third kappa shape index (κ3) is 4.92. The molecule has 1 N–H and O–H groups in total. The standard InChI is InChI=1S/C20H32N6O2/c1-23(2)20(28)26-9-6-16(7-10-26)19(27)22-15-17-5-4-8-21-18(17)25-13-11-24(3)12-14-25/h4-5,8,16H,6-7,9-15H2,1-3H3,(H,22,27). The third-order valence-corrected chi connectivity index (χ3v) is 5.64. The molecule has 8 heteroatoms. The van der Waals surface area contributed by atoms with Crippen molar-refractivity contribution in [2.45, 2.75) is 19.4 Å². The first-order chi connectivity index (χ1) is 13.5. The van der Waals surface area contributed by atoms with E-state index in [2.05, 4.69) is 27.1 Å². The lowest BCUT2D eigenvalue weighted by molar-refractivity contribution is -0.126. The Bertz CT molecular complexity index is 679. The van der Waals surface area contributed by atoms with Crippen molar-refractivity contribution in [3.8, 4) is 0 Å². The number of amides is 3. The Hall–Kier alpha value is -2.35. The van der Waals surface area contributed by atoms with Gasteiger partial charge in [0.2, 0.25) is 5.91 Å². The van der Waals surface area contributed by atoms with Gasteiger partial charge in [0.05, 0.1) is 0 Å². The molecule has 2 fully saturated rings. The molecule has 2 aliphatic rings. The quantitative estimate of drug-likeness (QED) is 0.828. The highest BCUT2D eigenvalue weighted by atomic mass is 16.2. The van der Waals surface area contributed by atoms with E-state index in [0.29, 0.717) is 32.5 Å². The predicted octanol–water partition coefficient (Wildman–Crippen LogP) is 0.843. The maximum atomic E-state index is 12.6. The molecule has 0 saturated carbocycles. The lowest BCUT2D eigenvalue weighted by Crippen LogP contribution is -2.46. The molecule has 3 amide bonds. The van der Waals surface area contributed by atoms with Crippen molar-refractivity contribution in [1.29, 1.82) is 0 Å². The number of piperazine rings is 1. The van der Waals surface area contributed by atoms with Crippen LogP contribution in [0.15, 0.2) is 18.3 Å². The normalized spacial score (nSPS) is 18.8. The zero-order valence-electron chi connectivity index (χ0n) is 17.2. The second-order valence-electron chi connectivity index (χ2n) is 7.93. The van der Waals surface area contributed by atoms with Crippen LogP contribution >= 0.6 is 0 Å². The highest BCUT2D eigenvalue weighted by molar-refractivity contribution is 5.79. The van der Waals surface area contributed by atoms with E-state index in [4.69, 9.17) is 0 Å². The molecule has 8 nitrogen and oxygen atoms in total. The van der Waals surface area contributed by atoms with Crippen LogP contribution in [0.1, 0.15) is 18.4 Å². The predicted molar refractivity (Wildman–Crippen MR) is 109 cm³/mol. The van der Waals surface area contributed by atoms with Gasteiger partial charge in [-0.3, -0.25) is 4.79 Å². The lowest BCUT2D eigenvalue weighted by Gasteiger charge is -2.34. The van der Waals surface area contributed by atoms with E-state index in [1.165, 1.54) is 0 Å². The molecular formula is C20H32N6O2. The Morgan fingerprint density at radius 1 is 1.14 bits per heavy atom. The molecule has 0 aromatic carbocycles. The summed E-state index contributed by atoms with van der Waals surface area (Å²) in [7, 11) is 5.65. The number of urea groups is 1. The monoisotopic (exact) mass is 388 g/mol. The number of pyridine rings is 1. The van der Waals surface area contributed by atoms with Gasteiger partial charge in [0.1, 0.15) is 5.82 Å². The minimum Gasteiger partial charge on any atom is -0.354 e. The Kier molecular flexibility index (Phi) is 6.72. The first-order valence-corrected chi connectivity index (χ1v) is 10.1. The van der Waals surface area contributed by atoms with Crippen LogP contribution in [0.4, 0.5) is 10.6 Å². The molecule has 1 aromatic rings. The number of aromatic nitrogens is 1. The minimum atomic E-state index is -0.0324. The number of likely N-dealkylation sites (N-methyl/N-ethyl adjacent to an activating group) is 1. The van der Waals surface area contributed by atoms with Crippen LogP contribution in [0.25, 0.3) is 0 Å². The van der Waals surface area contributed by atoms with Crippen molar-refractivity contribution >= 4 is 17.8 Å². The summed E-state index contributed by atoms with van der Waals surface area (Å²) in [6.45, 7) is 5.70. The maximum Gasteiger partial charge on any atom is 0.319 e. The molecule has 0 bridgehead atoms. The fourth-order valence-corrected chi connectivity index (χ4v) is 3.81. The Balaban J connectivity index is 1.52. The van der Waals surface area contributed by atoms with Crippen LogP contribution in [0, 0.1) is 5.92 Å². The molecule has 28 heavy (non-hydrogen) atoms. The van der Waals surface area contributed by atoms with E-state index < -0.39 is 0 Å². The van der Waals surface area contributed by atoms with Gasteiger partial charge in [-0.25, -0.2) is 9.78 Å². The van der Waals surface area contributed by atoms with E-state index in [0.717, 1.165) is 37.6 Å². The number of anilines is 1. The molecule has 0 atom stereocenters. The number of hydrogen-bond acceptors (Lipinski definition) is 5. The zero-order valence-corrected chi connectivity index (χ0v) is 17.2. The van der Waals surface area contributed by atoms with Crippen molar-refractivity contribution in [3.05, 3.63) is 23.9 Å². The van der Waals surface area contributed by atoms with Gasteiger partial charge in [0, 0.05) is 77.6 Å². The number of hydrogen-bond donors (Lipinski definition) is 1. The topological polar surface area (TPSA) is 72.0 Å². The smallest absolute Gasteiger partial charge is 0.319 e. The average molecular weight is 389 g/mol. The van der Waals surface area contributed by atoms with E-state index in [1.807, 2.05) is 23.2 Å². The van der Waals surface area contributed by atoms with Crippen LogP contribution in [0.2, 0.25) is 0 Å². The molecule has 0 unspecified atom stereocenters. The minimum absolute atomic E-state index is 0.0195. The van der Waals surface area contributed by atoms with Crippen molar-refractivity contribution in [2.24, 2.45) is 5.92 Å². The van der Waals surface area contributed by atoms with Gasteiger partial charge >= 0.3 is 6.03 Å². The van der Waals surface area contributed by atoms with E-state index in [9.17, 15) is 9.59 Å². The number of carbonyl (C=O) groups excluding carboxylic acids is 2. The Morgan fingerprint density at radius 2 is 1.82 bits per heavy atom. The van der Waals surface area contributed by atoms with Gasteiger partial charge in [-0.15, -0.1) is 0 Å². The summed E-state index contributed by atoms with van der Waals surface area (Å²) in [5, 5.41) is 3.09. The van der Waals surface area contributed by atoms with Gasteiger partial charge in [-0.05, 0) is 26.0 Å². The average Bonchev–Trinajstić information content (AvgIpc) is 2.72. The summed E-state index contributed by atoms with van der Waals surface area (Å²) in [5.41, 5.74) is 1.06. The van der Waals surface area contributed by atoms with E-state index >= 15 is 0 Å². The Morgan fingerprint density at radius 3 is 2.46 bits per heavy atom. The number of rotatable bonds is 4.